The summed E-state index contributed by atoms with van der Waals surface area (Å²) in [6.07, 6.45) is -3.96. The average Bonchev–Trinajstić information content (AvgIpc) is 2.18. The van der Waals surface area contributed by atoms with Gasteiger partial charge < -0.3 is 25.7 Å². The monoisotopic (exact) mass is 227 g/mol. The molecule has 5 N–H and O–H groups in total. The molecule has 1 rings (SSSR count). The standard InChI is InChI=1S/C7H13NO5.ClH/c9-4-2-8-1-3(7(12)13)5(10)6(4)11;/h3-6,8-11H,1-2H2,(H,12,13);1H/t3-,4+,5-,6-;/m1./s1. The summed E-state index contributed by atoms with van der Waals surface area (Å²) in [5, 5.41) is 39.0. The molecule has 7 heteroatoms. The summed E-state index contributed by atoms with van der Waals surface area (Å²) in [4.78, 5) is 10.6. The Bertz CT molecular complexity index is 203. The van der Waals surface area contributed by atoms with E-state index in [9.17, 15) is 15.0 Å². The Morgan fingerprint density at radius 1 is 1.14 bits per heavy atom. The highest BCUT2D eigenvalue weighted by molar-refractivity contribution is 5.85. The van der Waals surface area contributed by atoms with E-state index in [-0.39, 0.29) is 25.5 Å². The van der Waals surface area contributed by atoms with Crippen LogP contribution in [0, 0.1) is 5.92 Å². The second-order valence-corrected chi connectivity index (χ2v) is 3.15. The number of halogens is 1. The molecule has 0 aliphatic carbocycles. The predicted octanol–water partition coefficient (Wildman–Crippen LogP) is -2.21. The van der Waals surface area contributed by atoms with Crippen LogP contribution < -0.4 is 5.32 Å². The third-order valence-electron chi connectivity index (χ3n) is 2.19. The van der Waals surface area contributed by atoms with E-state index in [0.717, 1.165) is 0 Å². The molecule has 1 aliphatic heterocycles. The van der Waals surface area contributed by atoms with Crippen molar-refractivity contribution in [2.75, 3.05) is 13.1 Å². The Hall–Kier alpha value is -0.400. The highest BCUT2D eigenvalue weighted by Gasteiger charge is 2.37. The normalized spacial score (nSPS) is 38.2. The molecule has 6 nitrogen and oxygen atoms in total. The van der Waals surface area contributed by atoms with E-state index in [1.54, 1.807) is 0 Å². The summed E-state index contributed by atoms with van der Waals surface area (Å²) >= 11 is 0. The van der Waals surface area contributed by atoms with Gasteiger partial charge in [-0.05, 0) is 0 Å². The summed E-state index contributed by atoms with van der Waals surface area (Å²) in [7, 11) is 0. The summed E-state index contributed by atoms with van der Waals surface area (Å²) in [5.74, 6) is -2.26. The first-order chi connectivity index (χ1) is 6.04. The Morgan fingerprint density at radius 2 is 1.71 bits per heavy atom. The Kier molecular flexibility index (Phi) is 5.32. The third-order valence-corrected chi connectivity index (χ3v) is 2.19. The number of aliphatic hydroxyl groups is 3. The van der Waals surface area contributed by atoms with E-state index < -0.39 is 30.2 Å². The predicted molar refractivity (Wildman–Crippen MR) is 49.3 cm³/mol. The Morgan fingerprint density at radius 3 is 2.21 bits per heavy atom. The molecule has 0 unspecified atom stereocenters. The van der Waals surface area contributed by atoms with Crippen molar-refractivity contribution in [2.45, 2.75) is 18.3 Å². The molecule has 14 heavy (non-hydrogen) atoms. The number of carboxylic acids is 1. The largest absolute Gasteiger partial charge is 0.481 e. The zero-order valence-corrected chi connectivity index (χ0v) is 8.15. The average molecular weight is 228 g/mol. The number of aliphatic carboxylic acids is 1. The van der Waals surface area contributed by atoms with Crippen LogP contribution in [0.2, 0.25) is 0 Å². The molecule has 0 aromatic carbocycles. The van der Waals surface area contributed by atoms with Crippen molar-refractivity contribution in [1.82, 2.24) is 5.32 Å². The van der Waals surface area contributed by atoms with Crippen LogP contribution in [-0.2, 0) is 4.79 Å². The molecule has 0 bridgehead atoms. The Labute approximate surface area is 87.0 Å². The molecule has 84 valence electrons. The fraction of sp³-hybridized carbons (Fsp3) is 0.857. The van der Waals surface area contributed by atoms with Gasteiger partial charge in [0.15, 0.2) is 0 Å². The molecular formula is C7H14ClNO5. The lowest BCUT2D eigenvalue weighted by Crippen LogP contribution is -2.43. The minimum Gasteiger partial charge on any atom is -0.481 e. The van der Waals surface area contributed by atoms with E-state index in [1.807, 2.05) is 0 Å². The number of hydrogen-bond acceptors (Lipinski definition) is 5. The van der Waals surface area contributed by atoms with Gasteiger partial charge >= 0.3 is 5.97 Å². The molecule has 1 fully saturated rings. The van der Waals surface area contributed by atoms with E-state index in [4.69, 9.17) is 10.2 Å². The molecule has 0 amide bonds. The number of β-amino-alcohol motifs (C(OH)–C–C–N with tert-alkyl or cyclic N) is 1. The lowest BCUT2D eigenvalue weighted by Gasteiger charge is -2.22. The van der Waals surface area contributed by atoms with E-state index in [2.05, 4.69) is 5.32 Å². The first-order valence-corrected chi connectivity index (χ1v) is 4.01. The van der Waals surface area contributed by atoms with Crippen molar-refractivity contribution in [3.05, 3.63) is 0 Å². The van der Waals surface area contributed by atoms with Crippen LogP contribution in [0.15, 0.2) is 0 Å². The first-order valence-electron chi connectivity index (χ1n) is 4.01. The topological polar surface area (TPSA) is 110 Å². The number of rotatable bonds is 1. The smallest absolute Gasteiger partial charge is 0.310 e. The van der Waals surface area contributed by atoms with Gasteiger partial charge in [0.25, 0.3) is 0 Å². The maximum absolute atomic E-state index is 10.6. The lowest BCUT2D eigenvalue weighted by atomic mass is 9.97. The van der Waals surface area contributed by atoms with Gasteiger partial charge in [-0.15, -0.1) is 12.4 Å². The molecule has 1 heterocycles. The van der Waals surface area contributed by atoms with E-state index in [0.29, 0.717) is 0 Å². The van der Waals surface area contributed by atoms with Crippen molar-refractivity contribution < 1.29 is 25.2 Å². The fourth-order valence-corrected chi connectivity index (χ4v) is 1.33. The van der Waals surface area contributed by atoms with Gasteiger partial charge in [-0.2, -0.15) is 0 Å². The molecule has 0 radical (unpaired) electrons. The van der Waals surface area contributed by atoms with Gasteiger partial charge in [0.05, 0.1) is 18.1 Å². The number of hydrogen-bond donors (Lipinski definition) is 5. The molecule has 0 spiro atoms. The van der Waals surface area contributed by atoms with Crippen molar-refractivity contribution in [1.29, 1.82) is 0 Å². The minimum absolute atomic E-state index is 0. The second-order valence-electron chi connectivity index (χ2n) is 3.15. The molecule has 0 aromatic heterocycles. The SMILES string of the molecule is Cl.O=C(O)[C@@H]1CNC[C@H](O)[C@@H](O)[C@@H]1O. The van der Waals surface area contributed by atoms with Crippen LogP contribution in [-0.4, -0.2) is 57.8 Å². The van der Waals surface area contributed by atoms with Gasteiger partial charge in [-0.3, -0.25) is 4.79 Å². The second kappa shape index (κ2) is 5.47. The Balaban J connectivity index is 0.00000169. The number of aliphatic hydroxyl groups excluding tert-OH is 3. The lowest BCUT2D eigenvalue weighted by molar-refractivity contribution is -0.150. The maximum Gasteiger partial charge on any atom is 0.310 e. The minimum atomic E-state index is -1.43. The molecular weight excluding hydrogens is 214 g/mol. The van der Waals surface area contributed by atoms with Gasteiger partial charge in [0.1, 0.15) is 6.10 Å². The number of carboxylic acid groups (broad SMARTS) is 1. The molecule has 4 atom stereocenters. The first kappa shape index (κ1) is 13.6. The summed E-state index contributed by atoms with van der Waals surface area (Å²) in [6, 6.07) is 0. The molecule has 0 aromatic rings. The fourth-order valence-electron chi connectivity index (χ4n) is 1.33. The van der Waals surface area contributed by atoms with Crippen molar-refractivity contribution >= 4 is 18.4 Å². The van der Waals surface area contributed by atoms with Crippen LogP contribution in [0.1, 0.15) is 0 Å². The summed E-state index contributed by atoms with van der Waals surface area (Å²) in [6.45, 7) is 0.132. The van der Waals surface area contributed by atoms with E-state index in [1.165, 1.54) is 0 Å². The van der Waals surface area contributed by atoms with Crippen LogP contribution in [0.25, 0.3) is 0 Å². The molecule has 1 saturated heterocycles. The van der Waals surface area contributed by atoms with Gasteiger partial charge in [0, 0.05) is 13.1 Å². The van der Waals surface area contributed by atoms with Crippen LogP contribution in [0.4, 0.5) is 0 Å². The van der Waals surface area contributed by atoms with E-state index >= 15 is 0 Å². The van der Waals surface area contributed by atoms with Gasteiger partial charge in [-0.1, -0.05) is 0 Å². The third kappa shape index (κ3) is 2.79. The zero-order valence-electron chi connectivity index (χ0n) is 7.33. The van der Waals surface area contributed by atoms with Crippen molar-refractivity contribution in [2.24, 2.45) is 5.92 Å². The van der Waals surface area contributed by atoms with Crippen molar-refractivity contribution in [3.63, 3.8) is 0 Å². The number of nitrogens with one attached hydrogen (secondary N) is 1. The van der Waals surface area contributed by atoms with Crippen LogP contribution >= 0.6 is 12.4 Å². The highest BCUT2D eigenvalue weighted by Crippen LogP contribution is 2.13. The highest BCUT2D eigenvalue weighted by atomic mass is 35.5. The number of carbonyl (C=O) groups is 1. The van der Waals surface area contributed by atoms with Crippen molar-refractivity contribution in [3.8, 4) is 0 Å². The maximum atomic E-state index is 10.6. The molecule has 1 aliphatic rings. The zero-order chi connectivity index (χ0) is 10.0. The summed E-state index contributed by atoms with van der Waals surface area (Å²) in [5.41, 5.74) is 0. The van der Waals surface area contributed by atoms with Crippen LogP contribution in [0.5, 0.6) is 0 Å². The molecule has 0 saturated carbocycles. The van der Waals surface area contributed by atoms with Crippen LogP contribution in [0.3, 0.4) is 0 Å². The quantitative estimate of drug-likeness (QED) is 0.348. The van der Waals surface area contributed by atoms with Gasteiger partial charge in [-0.25, -0.2) is 0 Å². The summed E-state index contributed by atoms with van der Waals surface area (Å²) < 4.78 is 0. The van der Waals surface area contributed by atoms with Gasteiger partial charge in [0.2, 0.25) is 0 Å².